The van der Waals surface area contributed by atoms with E-state index >= 15 is 0 Å². The molecule has 0 aliphatic heterocycles. The fourth-order valence-corrected chi connectivity index (χ4v) is 2.05. The normalized spacial score (nSPS) is 22.4. The monoisotopic (exact) mass is 406 g/mol. The number of hydrogen-bond donors (Lipinski definition) is 0. The summed E-state index contributed by atoms with van der Waals surface area (Å²) in [5.41, 5.74) is 0. The van der Waals surface area contributed by atoms with Crippen LogP contribution in [0.2, 0.25) is 0 Å². The van der Waals surface area contributed by atoms with Crippen LogP contribution in [0.1, 0.15) is 0 Å². The molecule has 0 aliphatic carbocycles. The molecule has 0 saturated carbocycles. The number of hydrogen-bond acceptors (Lipinski definition) is 3. The average Bonchev–Trinajstić information content (AvgIpc) is 2.47. The molecule has 0 heterocycles. The predicted octanol–water partition coefficient (Wildman–Crippen LogP) is -0.790. The molecular formula is C10H12F9NaO3S. The van der Waals surface area contributed by atoms with Crippen LogP contribution in [0, 0.1) is 0 Å². The van der Waals surface area contributed by atoms with E-state index in [-0.39, 0.29) is 29.6 Å². The zero-order valence-electron chi connectivity index (χ0n) is 12.1. The molecule has 0 aliphatic rings. The first-order valence-electron chi connectivity index (χ1n) is 5.95. The molecule has 8 atom stereocenters. The summed E-state index contributed by atoms with van der Waals surface area (Å²) in [5, 5.41) is 0. The minimum atomic E-state index is -5.37. The first-order chi connectivity index (χ1) is 10.3. The van der Waals surface area contributed by atoms with Crippen molar-refractivity contribution < 1.29 is 82.0 Å². The largest absolute Gasteiger partial charge is 1.00 e. The van der Waals surface area contributed by atoms with Crippen LogP contribution in [0.3, 0.4) is 0 Å². The van der Waals surface area contributed by atoms with Gasteiger partial charge in [-0.1, -0.05) is 0 Å². The molecule has 14 heteroatoms. The first kappa shape index (κ1) is 26.5. The molecule has 0 aromatic rings. The molecule has 3 nitrogen and oxygen atoms in total. The van der Waals surface area contributed by atoms with Crippen molar-refractivity contribution in [3.8, 4) is 0 Å². The van der Waals surface area contributed by atoms with Gasteiger partial charge in [0.25, 0.3) is 0 Å². The Kier molecular flexibility index (Phi) is 12.2. The van der Waals surface area contributed by atoms with Gasteiger partial charge in [0.2, 0.25) is 0 Å². The molecule has 140 valence electrons. The Morgan fingerprint density at radius 1 is 0.667 bits per heavy atom. The van der Waals surface area contributed by atoms with Gasteiger partial charge in [0.05, 0.1) is 15.9 Å². The summed E-state index contributed by atoms with van der Waals surface area (Å²) in [6.45, 7) is -2.09. The van der Waals surface area contributed by atoms with E-state index in [0.717, 1.165) is 0 Å². The Morgan fingerprint density at radius 3 is 1.25 bits per heavy atom. The third-order valence-electron chi connectivity index (χ3n) is 2.72. The summed E-state index contributed by atoms with van der Waals surface area (Å²) >= 11 is 0. The van der Waals surface area contributed by atoms with Gasteiger partial charge >= 0.3 is 29.6 Å². The van der Waals surface area contributed by atoms with Crippen molar-refractivity contribution in [3.63, 3.8) is 0 Å². The van der Waals surface area contributed by atoms with Gasteiger partial charge in [-0.25, -0.2) is 47.9 Å². The zero-order valence-corrected chi connectivity index (χ0v) is 14.9. The molecule has 0 radical (unpaired) electrons. The molecule has 0 aromatic carbocycles. The molecule has 0 amide bonds. The topological polar surface area (TPSA) is 57.2 Å². The number of halogens is 9. The van der Waals surface area contributed by atoms with Gasteiger partial charge in [-0.15, -0.1) is 0 Å². The van der Waals surface area contributed by atoms with E-state index in [4.69, 9.17) is 0 Å². The average molecular weight is 406 g/mol. The first-order valence-corrected chi connectivity index (χ1v) is 7.53. The summed E-state index contributed by atoms with van der Waals surface area (Å²) in [6.07, 6.45) is -29.0. The van der Waals surface area contributed by atoms with Crippen LogP contribution in [0.25, 0.3) is 0 Å². The third-order valence-corrected chi connectivity index (χ3v) is 3.45. The molecule has 0 bridgehead atoms. The minimum Gasteiger partial charge on any atom is -0.748 e. The maximum absolute atomic E-state index is 13.2. The van der Waals surface area contributed by atoms with E-state index in [2.05, 4.69) is 0 Å². The van der Waals surface area contributed by atoms with Crippen molar-refractivity contribution >= 4 is 10.1 Å². The third kappa shape index (κ3) is 8.11. The van der Waals surface area contributed by atoms with Gasteiger partial charge in [-0.05, 0) is 0 Å². The Labute approximate surface area is 154 Å². The van der Waals surface area contributed by atoms with Crippen molar-refractivity contribution in [2.24, 2.45) is 0 Å². The van der Waals surface area contributed by atoms with Crippen LogP contribution in [-0.4, -0.2) is 74.8 Å². The standard InChI is InChI=1S/C10H13F9O3S.Na/c11-1-3(12)5(14)7(16)9(18)10(19)8(17)6(15)4(13)2-23(20,21)22;/h3-10H,1-2H2,(H,20,21,22);/q;+1/p-1. The molecular weight excluding hydrogens is 394 g/mol. The second kappa shape index (κ2) is 11.1. The van der Waals surface area contributed by atoms with Crippen LogP contribution in [0.4, 0.5) is 39.5 Å². The van der Waals surface area contributed by atoms with Crippen LogP contribution in [0.15, 0.2) is 0 Å². The van der Waals surface area contributed by atoms with Crippen molar-refractivity contribution in [2.75, 3.05) is 12.4 Å². The summed E-state index contributed by atoms with van der Waals surface area (Å²) < 4.78 is 146. The van der Waals surface area contributed by atoms with Gasteiger partial charge in [0, 0.05) is 0 Å². The van der Waals surface area contributed by atoms with Gasteiger partial charge in [0.15, 0.2) is 43.2 Å². The molecule has 0 fully saturated rings. The van der Waals surface area contributed by atoms with Gasteiger partial charge < -0.3 is 4.55 Å². The molecule has 0 rings (SSSR count). The van der Waals surface area contributed by atoms with Crippen molar-refractivity contribution in [1.82, 2.24) is 0 Å². The van der Waals surface area contributed by atoms with Crippen molar-refractivity contribution in [3.05, 3.63) is 0 Å². The van der Waals surface area contributed by atoms with Crippen molar-refractivity contribution in [1.29, 1.82) is 0 Å². The summed E-state index contributed by atoms with van der Waals surface area (Å²) in [6, 6.07) is 0. The van der Waals surface area contributed by atoms with E-state index < -0.39 is 71.9 Å². The Balaban J connectivity index is 0. The minimum absolute atomic E-state index is 0. The maximum atomic E-state index is 13.2. The molecule has 0 saturated heterocycles. The Hall–Kier alpha value is 0.280. The zero-order chi connectivity index (χ0) is 18.5. The van der Waals surface area contributed by atoms with E-state index in [1.165, 1.54) is 0 Å². The second-order valence-corrected chi connectivity index (χ2v) is 6.03. The van der Waals surface area contributed by atoms with Gasteiger partial charge in [-0.2, -0.15) is 0 Å². The van der Waals surface area contributed by atoms with Crippen LogP contribution < -0.4 is 29.6 Å². The van der Waals surface area contributed by atoms with E-state index in [1.54, 1.807) is 0 Å². The fraction of sp³-hybridized carbons (Fsp3) is 1.00. The predicted molar refractivity (Wildman–Crippen MR) is 59.7 cm³/mol. The summed E-state index contributed by atoms with van der Waals surface area (Å²) in [5.74, 6) is -2.10. The number of alkyl halides is 9. The molecule has 8 unspecified atom stereocenters. The van der Waals surface area contributed by atoms with Crippen LogP contribution >= 0.6 is 0 Å². The second-order valence-electron chi connectivity index (χ2n) is 4.58. The fourth-order valence-electron chi connectivity index (χ4n) is 1.47. The molecule has 0 N–H and O–H groups in total. The van der Waals surface area contributed by atoms with E-state index in [9.17, 15) is 52.5 Å². The van der Waals surface area contributed by atoms with E-state index in [1.807, 2.05) is 0 Å². The molecule has 0 spiro atoms. The maximum Gasteiger partial charge on any atom is 1.00 e. The molecule has 24 heavy (non-hydrogen) atoms. The van der Waals surface area contributed by atoms with Crippen molar-refractivity contribution in [2.45, 2.75) is 49.4 Å². The summed E-state index contributed by atoms with van der Waals surface area (Å²) in [7, 11) is -5.37. The van der Waals surface area contributed by atoms with Gasteiger partial charge in [0.1, 0.15) is 12.8 Å². The smallest absolute Gasteiger partial charge is 0.748 e. The van der Waals surface area contributed by atoms with Crippen LogP contribution in [0.5, 0.6) is 0 Å². The van der Waals surface area contributed by atoms with Gasteiger partial charge in [-0.3, -0.25) is 0 Å². The Morgan fingerprint density at radius 2 is 0.958 bits per heavy atom. The van der Waals surface area contributed by atoms with Crippen LogP contribution in [-0.2, 0) is 10.1 Å². The van der Waals surface area contributed by atoms with E-state index in [0.29, 0.717) is 0 Å². The SMILES string of the molecule is O=S(=O)([O-])CC(F)C(F)C(F)C(F)C(F)C(F)C(F)C(F)CF.[Na+]. The quantitative estimate of drug-likeness (QED) is 0.272. The Bertz CT molecular complexity index is 457. The summed E-state index contributed by atoms with van der Waals surface area (Å²) in [4.78, 5) is 0. The molecule has 0 aromatic heterocycles. The number of rotatable bonds is 10.